The molecule has 2 heterocycles. The first-order chi connectivity index (χ1) is 14.9. The zero-order valence-corrected chi connectivity index (χ0v) is 18.2. The highest BCUT2D eigenvalue weighted by molar-refractivity contribution is 7.89. The summed E-state index contributed by atoms with van der Waals surface area (Å²) >= 11 is 1.49. The Morgan fingerprint density at radius 2 is 1.90 bits per heavy atom. The Labute approximate surface area is 183 Å². The Kier molecular flexibility index (Phi) is 5.68. The standard InChI is InChI=1S/C21H19N5O3S2/c1-2-14-10-11-15(13-18(14)31(22,28)29)23-21(27)19-24-20(17-9-6-12-30-17)26(25-19)16-7-4-3-5-8-16/h3-13H,2H2,1H3,(H,23,27)(H2,22,28,29). The van der Waals surface area contributed by atoms with Crippen LogP contribution >= 0.6 is 11.3 Å². The van der Waals surface area contributed by atoms with Gasteiger partial charge in [-0.3, -0.25) is 4.79 Å². The first-order valence-corrected chi connectivity index (χ1v) is 11.8. The molecular weight excluding hydrogens is 434 g/mol. The minimum Gasteiger partial charge on any atom is -0.319 e. The normalized spacial score (nSPS) is 11.4. The summed E-state index contributed by atoms with van der Waals surface area (Å²) in [4.78, 5) is 18.1. The fourth-order valence-electron chi connectivity index (χ4n) is 3.10. The highest BCUT2D eigenvalue weighted by Crippen LogP contribution is 2.26. The molecule has 2 aromatic heterocycles. The number of amides is 1. The predicted octanol–water partition coefficient (Wildman–Crippen LogP) is 3.46. The Bertz CT molecular complexity index is 1330. The van der Waals surface area contributed by atoms with Gasteiger partial charge in [-0.25, -0.2) is 23.2 Å². The van der Waals surface area contributed by atoms with E-state index in [4.69, 9.17) is 5.14 Å². The largest absolute Gasteiger partial charge is 0.319 e. The number of nitrogens with two attached hydrogens (primary N) is 1. The molecule has 0 aliphatic heterocycles. The van der Waals surface area contributed by atoms with Crippen LogP contribution in [0.15, 0.2) is 70.9 Å². The van der Waals surface area contributed by atoms with Gasteiger partial charge < -0.3 is 5.32 Å². The Morgan fingerprint density at radius 1 is 1.13 bits per heavy atom. The number of nitrogens with zero attached hydrogens (tertiary/aromatic N) is 3. The summed E-state index contributed by atoms with van der Waals surface area (Å²) in [7, 11) is -3.92. The molecule has 1 amide bonds. The number of para-hydroxylation sites is 1. The van der Waals surface area contributed by atoms with Gasteiger partial charge in [0.1, 0.15) is 0 Å². The highest BCUT2D eigenvalue weighted by atomic mass is 32.2. The van der Waals surface area contributed by atoms with E-state index < -0.39 is 15.9 Å². The van der Waals surface area contributed by atoms with Crippen molar-refractivity contribution in [3.05, 3.63) is 77.4 Å². The first kappa shape index (κ1) is 20.9. The molecule has 0 bridgehead atoms. The van der Waals surface area contributed by atoms with Gasteiger partial charge >= 0.3 is 0 Å². The summed E-state index contributed by atoms with van der Waals surface area (Å²) in [6.07, 6.45) is 0.493. The van der Waals surface area contributed by atoms with Crippen molar-refractivity contribution in [1.29, 1.82) is 0 Å². The second-order valence-corrected chi connectivity index (χ2v) is 9.14. The number of hydrogen-bond acceptors (Lipinski definition) is 6. The number of aromatic nitrogens is 3. The Hall–Kier alpha value is -3.34. The number of primary sulfonamides is 1. The van der Waals surface area contributed by atoms with Crippen LogP contribution in [0.4, 0.5) is 5.69 Å². The third-order valence-corrected chi connectivity index (χ3v) is 6.42. The summed E-state index contributed by atoms with van der Waals surface area (Å²) < 4.78 is 25.4. The van der Waals surface area contributed by atoms with E-state index in [1.165, 1.54) is 17.4 Å². The lowest BCUT2D eigenvalue weighted by Gasteiger charge is -2.09. The summed E-state index contributed by atoms with van der Waals surface area (Å²) in [5, 5.41) is 14.3. The van der Waals surface area contributed by atoms with E-state index in [1.807, 2.05) is 54.8 Å². The highest BCUT2D eigenvalue weighted by Gasteiger charge is 2.20. The van der Waals surface area contributed by atoms with Gasteiger partial charge in [0, 0.05) is 5.69 Å². The van der Waals surface area contributed by atoms with Gasteiger partial charge in [0.15, 0.2) is 5.82 Å². The smallest absolute Gasteiger partial charge is 0.295 e. The predicted molar refractivity (Wildman–Crippen MR) is 120 cm³/mol. The molecule has 0 radical (unpaired) electrons. The molecule has 3 N–H and O–H groups in total. The molecule has 0 fully saturated rings. The Balaban J connectivity index is 1.70. The third kappa shape index (κ3) is 4.41. The number of carbonyl (C=O) groups is 1. The van der Waals surface area contributed by atoms with Crippen LogP contribution in [0.1, 0.15) is 23.1 Å². The number of hydrogen-bond donors (Lipinski definition) is 2. The maximum atomic E-state index is 12.9. The average molecular weight is 454 g/mol. The van der Waals surface area contributed by atoms with Crippen LogP contribution in [-0.4, -0.2) is 29.1 Å². The second-order valence-electron chi connectivity index (χ2n) is 6.66. The van der Waals surface area contributed by atoms with E-state index >= 15 is 0 Å². The molecule has 0 aliphatic carbocycles. The van der Waals surface area contributed by atoms with Crippen molar-refractivity contribution in [3.63, 3.8) is 0 Å². The minimum atomic E-state index is -3.92. The lowest BCUT2D eigenvalue weighted by molar-refractivity contribution is 0.101. The van der Waals surface area contributed by atoms with Crippen molar-refractivity contribution in [3.8, 4) is 16.4 Å². The van der Waals surface area contributed by atoms with E-state index in [0.717, 1.165) is 10.6 Å². The van der Waals surface area contributed by atoms with Gasteiger partial charge in [0.25, 0.3) is 5.91 Å². The summed E-state index contributed by atoms with van der Waals surface area (Å²) in [6.45, 7) is 1.83. The van der Waals surface area contributed by atoms with Crippen molar-refractivity contribution < 1.29 is 13.2 Å². The summed E-state index contributed by atoms with van der Waals surface area (Å²) in [5.41, 5.74) is 1.63. The van der Waals surface area contributed by atoms with Crippen LogP contribution in [-0.2, 0) is 16.4 Å². The lowest BCUT2D eigenvalue weighted by Crippen LogP contribution is -2.17. The zero-order valence-electron chi connectivity index (χ0n) is 16.5. The molecule has 0 saturated carbocycles. The first-order valence-electron chi connectivity index (χ1n) is 9.40. The molecule has 0 unspecified atom stereocenters. The maximum Gasteiger partial charge on any atom is 0.295 e. The molecule has 4 aromatic rings. The number of carbonyl (C=O) groups excluding carboxylic acids is 1. The monoisotopic (exact) mass is 453 g/mol. The van der Waals surface area contributed by atoms with E-state index in [1.54, 1.807) is 16.8 Å². The van der Waals surface area contributed by atoms with E-state index in [-0.39, 0.29) is 10.7 Å². The van der Waals surface area contributed by atoms with Crippen LogP contribution in [0.2, 0.25) is 0 Å². The molecule has 2 aromatic carbocycles. The van der Waals surface area contributed by atoms with Gasteiger partial charge in [-0.15, -0.1) is 16.4 Å². The van der Waals surface area contributed by atoms with Crippen molar-refractivity contribution in [2.24, 2.45) is 5.14 Å². The molecule has 0 spiro atoms. The second kappa shape index (κ2) is 8.42. The number of benzene rings is 2. The van der Waals surface area contributed by atoms with Crippen LogP contribution < -0.4 is 10.5 Å². The fraction of sp³-hybridized carbons (Fsp3) is 0.0952. The number of aryl methyl sites for hydroxylation is 1. The number of rotatable bonds is 6. The number of nitrogens with one attached hydrogen (secondary N) is 1. The third-order valence-electron chi connectivity index (χ3n) is 4.57. The lowest BCUT2D eigenvalue weighted by atomic mass is 10.1. The quantitative estimate of drug-likeness (QED) is 0.463. The molecule has 0 aliphatic rings. The van der Waals surface area contributed by atoms with Gasteiger partial charge in [-0.1, -0.05) is 37.3 Å². The van der Waals surface area contributed by atoms with E-state index in [0.29, 0.717) is 23.5 Å². The van der Waals surface area contributed by atoms with Crippen molar-refractivity contribution in [2.45, 2.75) is 18.2 Å². The molecule has 158 valence electrons. The van der Waals surface area contributed by atoms with Crippen LogP contribution in [0, 0.1) is 0 Å². The molecule has 10 heteroatoms. The number of sulfonamides is 1. The minimum absolute atomic E-state index is 0.0187. The molecule has 31 heavy (non-hydrogen) atoms. The van der Waals surface area contributed by atoms with E-state index in [2.05, 4.69) is 15.4 Å². The van der Waals surface area contributed by atoms with E-state index in [9.17, 15) is 13.2 Å². The van der Waals surface area contributed by atoms with Crippen molar-refractivity contribution >= 4 is 33.0 Å². The molecule has 0 atom stereocenters. The van der Waals surface area contributed by atoms with Gasteiger partial charge in [0.05, 0.1) is 15.5 Å². The van der Waals surface area contributed by atoms with Gasteiger partial charge in [0.2, 0.25) is 15.8 Å². The van der Waals surface area contributed by atoms with Gasteiger partial charge in [-0.05, 0) is 47.7 Å². The molecule has 4 rings (SSSR count). The number of anilines is 1. The summed E-state index contributed by atoms with van der Waals surface area (Å²) in [5.74, 6) is -0.0565. The van der Waals surface area contributed by atoms with Crippen LogP contribution in [0.3, 0.4) is 0 Å². The van der Waals surface area contributed by atoms with Crippen LogP contribution in [0.25, 0.3) is 16.4 Å². The Morgan fingerprint density at radius 3 is 2.55 bits per heavy atom. The topological polar surface area (TPSA) is 120 Å². The SMILES string of the molecule is CCc1ccc(NC(=O)c2nc(-c3cccs3)n(-c3ccccc3)n2)cc1S(N)(=O)=O. The summed E-state index contributed by atoms with van der Waals surface area (Å²) in [6, 6.07) is 17.8. The maximum absolute atomic E-state index is 12.9. The molecule has 0 saturated heterocycles. The molecule has 8 nitrogen and oxygen atoms in total. The zero-order chi connectivity index (χ0) is 22.0. The van der Waals surface area contributed by atoms with Crippen molar-refractivity contribution in [2.75, 3.05) is 5.32 Å². The van der Waals surface area contributed by atoms with Crippen LogP contribution in [0.5, 0.6) is 0 Å². The van der Waals surface area contributed by atoms with Gasteiger partial charge in [-0.2, -0.15) is 0 Å². The molecular formula is C21H19N5O3S2. The average Bonchev–Trinajstić information content (AvgIpc) is 3.43. The number of thiophene rings is 1. The fourth-order valence-corrected chi connectivity index (χ4v) is 4.67. The van der Waals surface area contributed by atoms with Crippen molar-refractivity contribution in [1.82, 2.24) is 14.8 Å².